The van der Waals surface area contributed by atoms with Crippen molar-refractivity contribution in [3.63, 3.8) is 0 Å². The lowest BCUT2D eigenvalue weighted by Crippen LogP contribution is -2.11. The molecule has 7 heteroatoms. The van der Waals surface area contributed by atoms with Gasteiger partial charge in [-0.05, 0) is 12.1 Å². The van der Waals surface area contributed by atoms with Gasteiger partial charge in [-0.2, -0.15) is 0 Å². The molecule has 104 valence electrons. The van der Waals surface area contributed by atoms with Crippen molar-refractivity contribution < 1.29 is 14.3 Å². The largest absolute Gasteiger partial charge is 0.496 e. The Morgan fingerprint density at radius 3 is 2.95 bits per heavy atom. The van der Waals surface area contributed by atoms with Gasteiger partial charge in [-0.15, -0.1) is 11.6 Å². The highest BCUT2D eigenvalue weighted by molar-refractivity contribution is 6.17. The van der Waals surface area contributed by atoms with Crippen molar-refractivity contribution >= 4 is 34.9 Å². The number of carbonyl (C=O) groups is 1. The second-order valence-corrected chi connectivity index (χ2v) is 4.52. The van der Waals surface area contributed by atoms with Gasteiger partial charge in [-0.1, -0.05) is 0 Å². The minimum absolute atomic E-state index is 0.232. The molecule has 1 aliphatic heterocycles. The first-order chi connectivity index (χ1) is 9.72. The van der Waals surface area contributed by atoms with Crippen molar-refractivity contribution in [2.24, 2.45) is 0 Å². The Morgan fingerprint density at radius 1 is 1.55 bits per heavy atom. The van der Waals surface area contributed by atoms with Crippen LogP contribution < -0.4 is 0 Å². The van der Waals surface area contributed by atoms with Gasteiger partial charge < -0.3 is 9.47 Å². The van der Waals surface area contributed by atoms with Gasteiger partial charge in [0.25, 0.3) is 0 Å². The second-order valence-electron chi connectivity index (χ2n) is 4.26. The van der Waals surface area contributed by atoms with Gasteiger partial charge in [0.1, 0.15) is 17.1 Å². The van der Waals surface area contributed by atoms with E-state index in [9.17, 15) is 4.79 Å². The smallest absolute Gasteiger partial charge is 0.356 e. The first-order valence-corrected chi connectivity index (χ1v) is 6.62. The quantitative estimate of drug-likeness (QED) is 0.641. The summed E-state index contributed by atoms with van der Waals surface area (Å²) in [4.78, 5) is 20.2. The van der Waals surface area contributed by atoms with Gasteiger partial charge in [-0.3, -0.25) is 4.57 Å². The van der Waals surface area contributed by atoms with Crippen molar-refractivity contribution in [3.8, 4) is 0 Å². The van der Waals surface area contributed by atoms with E-state index >= 15 is 0 Å². The van der Waals surface area contributed by atoms with Crippen molar-refractivity contribution in [2.75, 3.05) is 13.7 Å². The van der Waals surface area contributed by atoms with Crippen LogP contribution in [0, 0.1) is 0 Å². The van der Waals surface area contributed by atoms with E-state index in [4.69, 9.17) is 16.3 Å². The zero-order chi connectivity index (χ0) is 14.1. The third-order valence-corrected chi connectivity index (χ3v) is 3.27. The summed E-state index contributed by atoms with van der Waals surface area (Å²) in [5.41, 5.74) is 1.46. The number of rotatable bonds is 3. The summed E-state index contributed by atoms with van der Waals surface area (Å²) >= 11 is 5.91. The molecule has 6 nitrogen and oxygen atoms in total. The summed E-state index contributed by atoms with van der Waals surface area (Å²) in [5.74, 6) is 1.26. The molecule has 0 aliphatic carbocycles. The molecule has 0 aromatic carbocycles. The predicted octanol–water partition coefficient (Wildman–Crippen LogP) is 2.18. The Kier molecular flexibility index (Phi) is 3.31. The average molecular weight is 294 g/mol. The molecule has 0 unspecified atom stereocenters. The topological polar surface area (TPSA) is 66.2 Å². The number of fused-ring (bicyclic) bond motifs is 1. The van der Waals surface area contributed by atoms with Gasteiger partial charge in [0.2, 0.25) is 0 Å². The highest BCUT2D eigenvalue weighted by Crippen LogP contribution is 2.22. The summed E-state index contributed by atoms with van der Waals surface area (Å²) in [5, 5.41) is 0. The SMILES string of the molecule is COC(=O)c1ccc2nc(CCl)n(C=C3CCO3)c2n1. The molecule has 2 aromatic rings. The maximum Gasteiger partial charge on any atom is 0.356 e. The zero-order valence-electron chi connectivity index (χ0n) is 10.8. The molecule has 0 saturated carbocycles. The van der Waals surface area contributed by atoms with Crippen molar-refractivity contribution in [1.82, 2.24) is 14.5 Å². The molecule has 3 heterocycles. The van der Waals surface area contributed by atoms with Gasteiger partial charge in [-0.25, -0.2) is 14.8 Å². The number of halogens is 1. The standard InChI is InChI=1S/C13H12ClN3O3/c1-19-13(18)10-3-2-9-12(16-10)17(11(6-14)15-9)7-8-4-5-20-8/h2-3,7H,4-6H2,1H3. The van der Waals surface area contributed by atoms with Crippen LogP contribution >= 0.6 is 11.6 Å². The molecule has 3 rings (SSSR count). The number of nitrogens with zero attached hydrogens (tertiary/aromatic N) is 3. The number of carbonyl (C=O) groups excluding carboxylic acids is 1. The van der Waals surface area contributed by atoms with Gasteiger partial charge in [0.05, 0.1) is 25.8 Å². The minimum Gasteiger partial charge on any atom is -0.496 e. The summed E-state index contributed by atoms with van der Waals surface area (Å²) < 4.78 is 11.7. The Bertz CT molecular complexity index is 702. The maximum atomic E-state index is 11.6. The van der Waals surface area contributed by atoms with Crippen LogP contribution in [0.5, 0.6) is 0 Å². The van der Waals surface area contributed by atoms with Gasteiger partial charge in [0, 0.05) is 6.42 Å². The monoisotopic (exact) mass is 293 g/mol. The lowest BCUT2D eigenvalue weighted by molar-refractivity contribution is 0.0594. The van der Waals surface area contributed by atoms with Crippen molar-refractivity contribution in [2.45, 2.75) is 12.3 Å². The number of hydrogen-bond donors (Lipinski definition) is 0. The number of esters is 1. The van der Waals surface area contributed by atoms with E-state index < -0.39 is 5.97 Å². The van der Waals surface area contributed by atoms with E-state index in [1.807, 2.05) is 6.20 Å². The molecule has 1 fully saturated rings. The second kappa shape index (κ2) is 5.13. The molecule has 20 heavy (non-hydrogen) atoms. The van der Waals surface area contributed by atoms with Crippen LogP contribution in [0.1, 0.15) is 22.7 Å². The Labute approximate surface area is 120 Å². The van der Waals surface area contributed by atoms with Crippen LogP contribution in [0.2, 0.25) is 0 Å². The number of ether oxygens (including phenoxy) is 2. The molecule has 0 spiro atoms. The van der Waals surface area contributed by atoms with Crippen LogP contribution in [0.15, 0.2) is 17.9 Å². The number of aromatic nitrogens is 3. The molecule has 2 aromatic heterocycles. The van der Waals surface area contributed by atoms with E-state index in [1.54, 1.807) is 16.7 Å². The van der Waals surface area contributed by atoms with Gasteiger partial charge in [0.15, 0.2) is 11.3 Å². The molecule has 0 amide bonds. The lowest BCUT2D eigenvalue weighted by atomic mass is 10.3. The molecule has 0 bridgehead atoms. The number of alkyl halides is 1. The van der Waals surface area contributed by atoms with E-state index in [1.165, 1.54) is 7.11 Å². The van der Waals surface area contributed by atoms with E-state index in [2.05, 4.69) is 14.7 Å². The number of methoxy groups -OCH3 is 1. The average Bonchev–Trinajstić information content (AvgIpc) is 2.78. The third kappa shape index (κ3) is 2.12. The van der Waals surface area contributed by atoms with Crippen LogP contribution in [0.3, 0.4) is 0 Å². The highest BCUT2D eigenvalue weighted by Gasteiger charge is 2.16. The van der Waals surface area contributed by atoms with Crippen LogP contribution in [0.25, 0.3) is 17.4 Å². The fourth-order valence-corrected chi connectivity index (χ4v) is 2.12. The highest BCUT2D eigenvalue weighted by atomic mass is 35.5. The van der Waals surface area contributed by atoms with E-state index in [-0.39, 0.29) is 11.6 Å². The summed E-state index contributed by atoms with van der Waals surface area (Å²) in [6.45, 7) is 0.718. The molecule has 1 aliphatic rings. The summed E-state index contributed by atoms with van der Waals surface area (Å²) in [6.07, 6.45) is 2.68. The number of hydrogen-bond acceptors (Lipinski definition) is 5. The zero-order valence-corrected chi connectivity index (χ0v) is 11.6. The normalized spacial score (nSPS) is 16.0. The third-order valence-electron chi connectivity index (χ3n) is 3.03. The molecule has 0 N–H and O–H groups in total. The Morgan fingerprint density at radius 2 is 2.35 bits per heavy atom. The first-order valence-electron chi connectivity index (χ1n) is 6.08. The summed E-state index contributed by atoms with van der Waals surface area (Å²) in [7, 11) is 1.32. The predicted molar refractivity (Wildman–Crippen MR) is 73.3 cm³/mol. The maximum absolute atomic E-state index is 11.6. The molecule has 1 saturated heterocycles. The van der Waals surface area contributed by atoms with Crippen LogP contribution in [-0.2, 0) is 15.4 Å². The number of imidazole rings is 1. The lowest BCUT2D eigenvalue weighted by Gasteiger charge is -2.19. The molecular formula is C13H12ClN3O3. The molecule has 0 atom stereocenters. The molecule has 0 radical (unpaired) electrons. The van der Waals surface area contributed by atoms with Crippen LogP contribution in [0.4, 0.5) is 0 Å². The minimum atomic E-state index is -0.486. The van der Waals surface area contributed by atoms with Gasteiger partial charge >= 0.3 is 5.97 Å². The Balaban J connectivity index is 2.15. The molecular weight excluding hydrogens is 282 g/mol. The van der Waals surface area contributed by atoms with Crippen molar-refractivity contribution in [3.05, 3.63) is 29.4 Å². The van der Waals surface area contributed by atoms with E-state index in [0.717, 1.165) is 18.8 Å². The fraction of sp³-hybridized carbons (Fsp3) is 0.308. The Hall–Kier alpha value is -2.08. The number of pyridine rings is 1. The first kappa shape index (κ1) is 12.9. The summed E-state index contributed by atoms with van der Waals surface area (Å²) in [6, 6.07) is 3.30. The van der Waals surface area contributed by atoms with E-state index in [0.29, 0.717) is 17.0 Å². The van der Waals surface area contributed by atoms with Crippen LogP contribution in [-0.4, -0.2) is 34.2 Å². The van der Waals surface area contributed by atoms with Crippen molar-refractivity contribution in [1.29, 1.82) is 0 Å². The fourth-order valence-electron chi connectivity index (χ4n) is 1.93.